The van der Waals surface area contributed by atoms with Gasteiger partial charge in [-0.3, -0.25) is 4.79 Å². The minimum absolute atomic E-state index is 0.0162. The molecule has 0 aromatic heterocycles. The van der Waals surface area contributed by atoms with Crippen LogP contribution in [0.2, 0.25) is 0 Å². The van der Waals surface area contributed by atoms with Crippen molar-refractivity contribution >= 4 is 34.3 Å². The number of piperazine rings is 1. The van der Waals surface area contributed by atoms with Crippen molar-refractivity contribution in [3.05, 3.63) is 77.4 Å². The average molecular weight is 420 g/mol. The SMILES string of the molecule is CSN1CCN(c2ccc(C)c(C(=O)NC(C)c3cccc4ccccc34)c2)CC1. The number of aryl methyl sites for hydroxylation is 1. The lowest BCUT2D eigenvalue weighted by Crippen LogP contribution is -2.43. The van der Waals surface area contributed by atoms with Crippen LogP contribution in [0.4, 0.5) is 5.69 Å². The number of fused-ring (bicyclic) bond motifs is 1. The molecule has 4 nitrogen and oxygen atoms in total. The zero-order valence-electron chi connectivity index (χ0n) is 17.9. The summed E-state index contributed by atoms with van der Waals surface area (Å²) in [6.45, 7) is 8.10. The first-order valence-corrected chi connectivity index (χ1v) is 11.7. The Bertz CT molecular complexity index is 1040. The highest BCUT2D eigenvalue weighted by molar-refractivity contribution is 7.96. The predicted octanol–water partition coefficient (Wildman–Crippen LogP) is 5.04. The number of hydrogen-bond acceptors (Lipinski definition) is 4. The van der Waals surface area contributed by atoms with Crippen LogP contribution in [0.3, 0.4) is 0 Å². The molecule has 0 aliphatic carbocycles. The van der Waals surface area contributed by atoms with Gasteiger partial charge in [-0.1, -0.05) is 60.5 Å². The molecular weight excluding hydrogens is 390 g/mol. The molecule has 1 N–H and O–H groups in total. The molecule has 1 amide bonds. The summed E-state index contributed by atoms with van der Waals surface area (Å²) in [5.41, 5.74) is 4.03. The minimum Gasteiger partial charge on any atom is -0.369 e. The molecule has 4 rings (SSSR count). The van der Waals surface area contributed by atoms with Gasteiger partial charge >= 0.3 is 0 Å². The molecule has 1 aliphatic rings. The lowest BCUT2D eigenvalue weighted by atomic mass is 9.99. The Labute approximate surface area is 183 Å². The van der Waals surface area contributed by atoms with Gasteiger partial charge in [0.1, 0.15) is 0 Å². The van der Waals surface area contributed by atoms with Crippen molar-refractivity contribution in [3.63, 3.8) is 0 Å². The monoisotopic (exact) mass is 419 g/mol. The minimum atomic E-state index is -0.0724. The molecule has 156 valence electrons. The number of anilines is 1. The number of nitrogens with one attached hydrogen (secondary N) is 1. The van der Waals surface area contributed by atoms with E-state index in [-0.39, 0.29) is 11.9 Å². The Morgan fingerprint density at radius 3 is 2.50 bits per heavy atom. The number of carbonyl (C=O) groups is 1. The Kier molecular flexibility index (Phi) is 6.30. The third-order valence-corrected chi connectivity index (χ3v) is 6.85. The van der Waals surface area contributed by atoms with Crippen molar-refractivity contribution < 1.29 is 4.79 Å². The van der Waals surface area contributed by atoms with E-state index in [1.165, 1.54) is 10.8 Å². The van der Waals surface area contributed by atoms with Gasteiger partial charge in [0.15, 0.2) is 0 Å². The van der Waals surface area contributed by atoms with Gasteiger partial charge in [-0.15, -0.1) is 0 Å². The smallest absolute Gasteiger partial charge is 0.252 e. The van der Waals surface area contributed by atoms with E-state index in [0.717, 1.165) is 48.6 Å². The second-order valence-corrected chi connectivity index (χ2v) is 8.74. The fraction of sp³-hybridized carbons (Fsp3) is 0.320. The summed E-state index contributed by atoms with van der Waals surface area (Å²) < 4.78 is 2.38. The Hall–Kier alpha value is -2.50. The molecule has 1 fully saturated rings. The molecule has 0 spiro atoms. The highest BCUT2D eigenvalue weighted by atomic mass is 32.2. The number of carbonyl (C=O) groups excluding carboxylic acids is 1. The van der Waals surface area contributed by atoms with Gasteiger partial charge in [-0.25, -0.2) is 4.31 Å². The maximum Gasteiger partial charge on any atom is 0.252 e. The average Bonchev–Trinajstić information content (AvgIpc) is 2.79. The molecule has 1 aliphatic heterocycles. The van der Waals surface area contributed by atoms with Gasteiger partial charge in [-0.2, -0.15) is 0 Å². The second-order valence-electron chi connectivity index (χ2n) is 7.86. The first-order valence-electron chi connectivity index (χ1n) is 10.5. The number of nitrogens with zero attached hydrogens (tertiary/aromatic N) is 2. The van der Waals surface area contributed by atoms with E-state index < -0.39 is 0 Å². The van der Waals surface area contributed by atoms with Crippen LogP contribution in [0.5, 0.6) is 0 Å². The van der Waals surface area contributed by atoms with E-state index in [9.17, 15) is 4.79 Å². The lowest BCUT2D eigenvalue weighted by molar-refractivity contribution is 0.0939. The number of benzene rings is 3. The summed E-state index contributed by atoms with van der Waals surface area (Å²) in [5, 5.41) is 5.60. The van der Waals surface area contributed by atoms with Crippen LogP contribution < -0.4 is 10.2 Å². The Morgan fingerprint density at radius 2 is 1.73 bits per heavy atom. The van der Waals surface area contributed by atoms with E-state index in [4.69, 9.17) is 0 Å². The fourth-order valence-corrected chi connectivity index (χ4v) is 4.69. The van der Waals surface area contributed by atoms with Crippen molar-refractivity contribution in [2.45, 2.75) is 19.9 Å². The largest absolute Gasteiger partial charge is 0.369 e. The molecule has 0 radical (unpaired) electrons. The first kappa shape index (κ1) is 20.8. The van der Waals surface area contributed by atoms with E-state index in [1.807, 2.05) is 19.1 Å². The van der Waals surface area contributed by atoms with Gasteiger partial charge < -0.3 is 10.2 Å². The van der Waals surface area contributed by atoms with Crippen molar-refractivity contribution in [2.75, 3.05) is 37.3 Å². The van der Waals surface area contributed by atoms with Crippen molar-refractivity contribution in [3.8, 4) is 0 Å². The van der Waals surface area contributed by atoms with Crippen LogP contribution in [0.15, 0.2) is 60.7 Å². The van der Waals surface area contributed by atoms with Crippen molar-refractivity contribution in [1.82, 2.24) is 9.62 Å². The highest BCUT2D eigenvalue weighted by Gasteiger charge is 2.20. The summed E-state index contributed by atoms with van der Waals surface area (Å²) in [4.78, 5) is 15.5. The number of hydrogen-bond donors (Lipinski definition) is 1. The zero-order chi connectivity index (χ0) is 21.1. The van der Waals surface area contributed by atoms with Crippen LogP contribution in [-0.2, 0) is 0 Å². The van der Waals surface area contributed by atoms with Crippen LogP contribution in [0.25, 0.3) is 10.8 Å². The molecular formula is C25H29N3OS. The van der Waals surface area contributed by atoms with Crippen molar-refractivity contribution in [1.29, 1.82) is 0 Å². The van der Waals surface area contributed by atoms with Gasteiger partial charge in [0.25, 0.3) is 5.91 Å². The lowest BCUT2D eigenvalue weighted by Gasteiger charge is -2.35. The maximum atomic E-state index is 13.2. The van der Waals surface area contributed by atoms with Gasteiger partial charge in [0.05, 0.1) is 6.04 Å². The first-order chi connectivity index (χ1) is 14.6. The molecule has 1 heterocycles. The van der Waals surface area contributed by atoms with Crippen molar-refractivity contribution in [2.24, 2.45) is 0 Å². The summed E-state index contributed by atoms with van der Waals surface area (Å²) in [5.74, 6) is -0.0162. The molecule has 1 saturated heterocycles. The van der Waals surface area contributed by atoms with Gasteiger partial charge in [0, 0.05) is 37.4 Å². The van der Waals surface area contributed by atoms with E-state index in [2.05, 4.69) is 76.2 Å². The second kappa shape index (κ2) is 9.11. The third kappa shape index (κ3) is 4.32. The van der Waals surface area contributed by atoms with E-state index >= 15 is 0 Å². The maximum absolute atomic E-state index is 13.2. The fourth-order valence-electron chi connectivity index (χ4n) is 4.16. The molecule has 3 aromatic carbocycles. The normalized spacial score (nSPS) is 15.9. The number of rotatable bonds is 5. The summed E-state index contributed by atoms with van der Waals surface area (Å²) >= 11 is 1.80. The standard InChI is InChI=1S/C25H29N3OS/c1-18-11-12-21(27-13-15-28(30-3)16-14-27)17-24(18)25(29)26-19(2)22-10-6-8-20-7-4-5-9-23(20)22/h4-12,17,19H,13-16H2,1-3H3,(H,26,29). The van der Waals surface area contributed by atoms with Crippen LogP contribution in [0.1, 0.15) is 34.5 Å². The van der Waals surface area contributed by atoms with E-state index in [0.29, 0.717) is 0 Å². The highest BCUT2D eigenvalue weighted by Crippen LogP contribution is 2.26. The summed E-state index contributed by atoms with van der Waals surface area (Å²) in [6.07, 6.45) is 2.13. The molecule has 0 saturated carbocycles. The zero-order valence-corrected chi connectivity index (χ0v) is 18.7. The molecule has 1 atom stereocenters. The van der Waals surface area contributed by atoms with Crippen LogP contribution >= 0.6 is 11.9 Å². The third-order valence-electron chi connectivity index (χ3n) is 5.97. The molecule has 5 heteroatoms. The predicted molar refractivity (Wildman–Crippen MR) is 128 cm³/mol. The molecule has 1 unspecified atom stereocenters. The molecule has 3 aromatic rings. The Morgan fingerprint density at radius 1 is 1.00 bits per heavy atom. The van der Waals surface area contributed by atoms with Crippen LogP contribution in [-0.4, -0.2) is 42.6 Å². The van der Waals surface area contributed by atoms with Crippen LogP contribution in [0, 0.1) is 6.92 Å². The quantitative estimate of drug-likeness (QED) is 0.588. The van der Waals surface area contributed by atoms with Gasteiger partial charge in [0.2, 0.25) is 0 Å². The molecule has 0 bridgehead atoms. The van der Waals surface area contributed by atoms with E-state index in [1.54, 1.807) is 11.9 Å². The molecule has 30 heavy (non-hydrogen) atoms. The number of amides is 1. The van der Waals surface area contributed by atoms with Gasteiger partial charge in [-0.05, 0) is 54.1 Å². The Balaban J connectivity index is 1.53. The summed E-state index contributed by atoms with van der Waals surface area (Å²) in [6, 6.07) is 20.8. The topological polar surface area (TPSA) is 35.6 Å². The summed E-state index contributed by atoms with van der Waals surface area (Å²) in [7, 11) is 0.